The van der Waals surface area contributed by atoms with E-state index in [9.17, 15) is 14.7 Å². The summed E-state index contributed by atoms with van der Waals surface area (Å²) in [5.74, 6) is -1.14. The van der Waals surface area contributed by atoms with E-state index in [2.05, 4.69) is 4.98 Å². The number of anilines is 1. The van der Waals surface area contributed by atoms with Gasteiger partial charge in [0, 0.05) is 16.8 Å². The van der Waals surface area contributed by atoms with Gasteiger partial charge >= 0.3 is 0 Å². The van der Waals surface area contributed by atoms with Gasteiger partial charge in [-0.05, 0) is 54.1 Å². The lowest BCUT2D eigenvalue weighted by atomic mass is 9.95. The Labute approximate surface area is 178 Å². The number of aliphatic hydroxyl groups excluding tert-OH is 1. The zero-order valence-electron chi connectivity index (χ0n) is 15.9. The van der Waals surface area contributed by atoms with E-state index in [1.165, 1.54) is 11.1 Å². The fraction of sp³-hybridized carbons (Fsp3) is 0.0870. The third kappa shape index (κ3) is 3.42. The molecule has 0 bridgehead atoms. The van der Waals surface area contributed by atoms with Crippen molar-refractivity contribution in [1.82, 2.24) is 4.98 Å². The number of rotatable bonds is 4. The number of aromatic nitrogens is 1. The van der Waals surface area contributed by atoms with Crippen LogP contribution in [-0.2, 0) is 9.59 Å². The van der Waals surface area contributed by atoms with Crippen molar-refractivity contribution in [1.29, 1.82) is 0 Å². The zero-order chi connectivity index (χ0) is 21.3. The monoisotopic (exact) mass is 420 g/mol. The van der Waals surface area contributed by atoms with Crippen LogP contribution in [0.25, 0.3) is 5.76 Å². The lowest BCUT2D eigenvalue weighted by molar-refractivity contribution is -0.132. The first-order valence-corrected chi connectivity index (χ1v) is 9.50. The number of ketones is 1. The van der Waals surface area contributed by atoms with E-state index in [0.717, 1.165) is 0 Å². The molecule has 6 nitrogen and oxygen atoms in total. The Morgan fingerprint density at radius 3 is 2.37 bits per heavy atom. The second-order valence-electron chi connectivity index (χ2n) is 6.66. The summed E-state index contributed by atoms with van der Waals surface area (Å²) in [5.41, 5.74) is 1.49. The van der Waals surface area contributed by atoms with Crippen molar-refractivity contribution >= 4 is 34.7 Å². The molecule has 2 heterocycles. The fourth-order valence-electron chi connectivity index (χ4n) is 3.46. The van der Waals surface area contributed by atoms with Crippen LogP contribution >= 0.6 is 11.6 Å². The number of hydrogen-bond donors (Lipinski definition) is 1. The van der Waals surface area contributed by atoms with Gasteiger partial charge in [-0.25, -0.2) is 0 Å². The van der Waals surface area contributed by atoms with Crippen molar-refractivity contribution in [2.75, 3.05) is 12.0 Å². The standard InChI is InChI=1S/C23H17ClN2O4/c1-30-18-10-6-14(7-11-18)20-19(21(27)15-4-8-16(24)9-5-15)22(28)23(29)26(20)17-3-2-12-25-13-17/h2-13,20,27H,1H3/b21-19+. The van der Waals surface area contributed by atoms with Gasteiger partial charge in [-0.1, -0.05) is 23.7 Å². The van der Waals surface area contributed by atoms with Gasteiger partial charge in [0.25, 0.3) is 11.7 Å². The molecular formula is C23H17ClN2O4. The Morgan fingerprint density at radius 1 is 1.07 bits per heavy atom. The molecule has 1 fully saturated rings. The maximum atomic E-state index is 13.0. The van der Waals surface area contributed by atoms with Crippen molar-refractivity contribution in [3.05, 3.63) is 94.8 Å². The van der Waals surface area contributed by atoms with Gasteiger partial charge in [-0.3, -0.25) is 19.5 Å². The van der Waals surface area contributed by atoms with Crippen LogP contribution in [-0.4, -0.2) is 28.9 Å². The minimum absolute atomic E-state index is 0.00339. The number of methoxy groups -OCH3 is 1. The molecule has 1 aromatic heterocycles. The summed E-state index contributed by atoms with van der Waals surface area (Å²) >= 11 is 5.94. The van der Waals surface area contributed by atoms with Crippen molar-refractivity contribution in [3.63, 3.8) is 0 Å². The van der Waals surface area contributed by atoms with Crippen LogP contribution < -0.4 is 9.64 Å². The number of Topliss-reactive ketones (excluding diaryl/α,β-unsaturated/α-hetero) is 1. The van der Waals surface area contributed by atoms with Crippen LogP contribution in [0.4, 0.5) is 5.69 Å². The van der Waals surface area contributed by atoms with E-state index in [4.69, 9.17) is 16.3 Å². The highest BCUT2D eigenvalue weighted by Crippen LogP contribution is 2.42. The second kappa shape index (κ2) is 8.00. The Bertz CT molecular complexity index is 1130. The first-order chi connectivity index (χ1) is 14.5. The number of aliphatic hydroxyl groups is 1. The van der Waals surface area contributed by atoms with Gasteiger partial charge in [0.15, 0.2) is 0 Å². The third-order valence-corrected chi connectivity index (χ3v) is 5.17. The van der Waals surface area contributed by atoms with Gasteiger partial charge in [-0.15, -0.1) is 0 Å². The van der Waals surface area contributed by atoms with Gasteiger partial charge in [0.2, 0.25) is 0 Å². The van der Waals surface area contributed by atoms with Gasteiger partial charge in [-0.2, -0.15) is 0 Å². The molecule has 1 atom stereocenters. The topological polar surface area (TPSA) is 79.7 Å². The van der Waals surface area contributed by atoms with E-state index in [1.54, 1.807) is 74.0 Å². The summed E-state index contributed by atoms with van der Waals surface area (Å²) in [5, 5.41) is 11.5. The third-order valence-electron chi connectivity index (χ3n) is 4.92. The Hall–Kier alpha value is -3.64. The molecule has 1 unspecified atom stereocenters. The van der Waals surface area contributed by atoms with E-state index in [1.807, 2.05) is 0 Å². The highest BCUT2D eigenvalue weighted by Gasteiger charge is 2.47. The van der Waals surface area contributed by atoms with E-state index < -0.39 is 17.7 Å². The Morgan fingerprint density at radius 2 is 1.77 bits per heavy atom. The highest BCUT2D eigenvalue weighted by molar-refractivity contribution is 6.51. The van der Waals surface area contributed by atoms with E-state index in [0.29, 0.717) is 27.6 Å². The van der Waals surface area contributed by atoms with Gasteiger partial charge < -0.3 is 9.84 Å². The van der Waals surface area contributed by atoms with E-state index in [-0.39, 0.29) is 11.3 Å². The minimum Gasteiger partial charge on any atom is -0.507 e. The number of benzene rings is 2. The molecule has 3 aromatic rings. The summed E-state index contributed by atoms with van der Waals surface area (Å²) in [7, 11) is 1.55. The number of halogens is 1. The lowest BCUT2D eigenvalue weighted by Gasteiger charge is -2.25. The molecule has 30 heavy (non-hydrogen) atoms. The Kier molecular flexibility index (Phi) is 5.25. The molecule has 150 valence electrons. The number of carbonyl (C=O) groups is 2. The zero-order valence-corrected chi connectivity index (χ0v) is 16.7. The molecule has 2 aromatic carbocycles. The number of carbonyl (C=O) groups excluding carboxylic acids is 2. The van der Waals surface area contributed by atoms with Crippen LogP contribution in [0.5, 0.6) is 5.75 Å². The molecule has 1 saturated heterocycles. The first-order valence-electron chi connectivity index (χ1n) is 9.12. The van der Waals surface area contributed by atoms with Crippen LogP contribution in [0.2, 0.25) is 5.02 Å². The smallest absolute Gasteiger partial charge is 0.300 e. The van der Waals surface area contributed by atoms with Gasteiger partial charge in [0.05, 0.1) is 30.6 Å². The molecule has 1 aliphatic rings. The number of amides is 1. The largest absolute Gasteiger partial charge is 0.507 e. The van der Waals surface area contributed by atoms with Crippen LogP contribution in [0.3, 0.4) is 0 Å². The average Bonchev–Trinajstić information content (AvgIpc) is 3.05. The van der Waals surface area contributed by atoms with Crippen LogP contribution in [0, 0.1) is 0 Å². The number of ether oxygens (including phenoxy) is 1. The first kappa shape index (κ1) is 19.7. The predicted molar refractivity (Wildman–Crippen MR) is 113 cm³/mol. The van der Waals surface area contributed by atoms with Crippen molar-refractivity contribution in [2.24, 2.45) is 0 Å². The summed E-state index contributed by atoms with van der Waals surface area (Å²) in [6.07, 6.45) is 3.08. The maximum Gasteiger partial charge on any atom is 0.300 e. The highest BCUT2D eigenvalue weighted by atomic mass is 35.5. The maximum absolute atomic E-state index is 13.0. The SMILES string of the molecule is COc1ccc(C2/C(=C(\O)c3ccc(Cl)cc3)C(=O)C(=O)N2c2cccnc2)cc1. The molecule has 7 heteroatoms. The van der Waals surface area contributed by atoms with Crippen LogP contribution in [0.1, 0.15) is 17.2 Å². The second-order valence-corrected chi connectivity index (χ2v) is 7.10. The molecule has 0 spiro atoms. The number of nitrogens with zero attached hydrogens (tertiary/aromatic N) is 2. The van der Waals surface area contributed by atoms with Crippen LogP contribution in [0.15, 0.2) is 78.6 Å². The van der Waals surface area contributed by atoms with Crippen molar-refractivity contribution in [3.8, 4) is 5.75 Å². The molecule has 0 saturated carbocycles. The Balaban J connectivity index is 1.92. The molecule has 1 N–H and O–H groups in total. The molecule has 1 aliphatic heterocycles. The lowest BCUT2D eigenvalue weighted by Crippen LogP contribution is -2.29. The molecule has 4 rings (SSSR count). The molecule has 0 aliphatic carbocycles. The molecular weight excluding hydrogens is 404 g/mol. The minimum atomic E-state index is -0.823. The summed E-state index contributed by atoms with van der Waals surface area (Å²) in [4.78, 5) is 31.4. The molecule has 1 amide bonds. The van der Waals surface area contributed by atoms with Gasteiger partial charge in [0.1, 0.15) is 11.5 Å². The summed E-state index contributed by atoms with van der Waals surface area (Å²) in [6, 6.07) is 15.9. The quantitative estimate of drug-likeness (QED) is 0.385. The number of pyridine rings is 1. The summed E-state index contributed by atoms with van der Waals surface area (Å²) in [6.45, 7) is 0. The average molecular weight is 421 g/mol. The fourth-order valence-corrected chi connectivity index (χ4v) is 3.59. The van der Waals surface area contributed by atoms with Crippen molar-refractivity contribution < 1.29 is 19.4 Å². The molecule has 0 radical (unpaired) electrons. The predicted octanol–water partition coefficient (Wildman–Crippen LogP) is 4.37. The number of hydrogen-bond acceptors (Lipinski definition) is 5. The van der Waals surface area contributed by atoms with Crippen molar-refractivity contribution in [2.45, 2.75) is 6.04 Å². The summed E-state index contributed by atoms with van der Waals surface area (Å²) < 4.78 is 5.21. The van der Waals surface area contributed by atoms with E-state index >= 15 is 0 Å². The normalized spacial score (nSPS) is 17.9.